The van der Waals surface area contributed by atoms with Crippen LogP contribution in [0.5, 0.6) is 0 Å². The normalized spacial score (nSPS) is 17.8. The topological polar surface area (TPSA) is 45.7 Å². The largest absolute Gasteiger partial charge is 0.385 e. The Morgan fingerprint density at radius 2 is 2.22 bits per heavy atom. The van der Waals surface area contributed by atoms with Gasteiger partial charge in [-0.3, -0.25) is 4.99 Å². The molecule has 1 aromatic rings. The van der Waals surface area contributed by atoms with E-state index < -0.39 is 0 Å². The molecule has 4 nitrogen and oxygen atoms in total. The zero-order valence-electron chi connectivity index (χ0n) is 14.9. The molecule has 1 atom stereocenters. The number of nitrogens with zero attached hydrogens (tertiary/aromatic N) is 1. The molecule has 1 aromatic heterocycles. The van der Waals surface area contributed by atoms with Gasteiger partial charge in [0.2, 0.25) is 0 Å². The van der Waals surface area contributed by atoms with Crippen LogP contribution in [-0.4, -0.2) is 38.8 Å². The SMILES string of the molecule is CCNC(=NCC1(CCOC)CC1)NC(C)Cc1ccc(C)s1. The number of hydrogen-bond acceptors (Lipinski definition) is 3. The van der Waals surface area contributed by atoms with Crippen molar-refractivity contribution < 1.29 is 4.74 Å². The van der Waals surface area contributed by atoms with Gasteiger partial charge in [-0.05, 0) is 57.6 Å². The van der Waals surface area contributed by atoms with Gasteiger partial charge in [-0.15, -0.1) is 11.3 Å². The van der Waals surface area contributed by atoms with Gasteiger partial charge in [-0.2, -0.15) is 0 Å². The molecule has 1 heterocycles. The minimum absolute atomic E-state index is 0.375. The van der Waals surface area contributed by atoms with Gasteiger partial charge in [0.05, 0.1) is 0 Å². The second-order valence-corrected chi connectivity index (χ2v) is 8.07. The zero-order chi connectivity index (χ0) is 16.7. The van der Waals surface area contributed by atoms with Crippen LogP contribution < -0.4 is 10.6 Å². The highest BCUT2D eigenvalue weighted by Crippen LogP contribution is 2.48. The summed E-state index contributed by atoms with van der Waals surface area (Å²) in [4.78, 5) is 7.63. The molecule has 0 amide bonds. The summed E-state index contributed by atoms with van der Waals surface area (Å²) in [5.74, 6) is 0.942. The molecule has 0 aromatic carbocycles. The molecule has 2 N–H and O–H groups in total. The van der Waals surface area contributed by atoms with Gasteiger partial charge < -0.3 is 15.4 Å². The Hall–Kier alpha value is -1.07. The quantitative estimate of drug-likeness (QED) is 0.536. The monoisotopic (exact) mass is 337 g/mol. The number of thiophene rings is 1. The van der Waals surface area contributed by atoms with Crippen molar-refractivity contribution in [2.45, 2.75) is 52.5 Å². The number of methoxy groups -OCH3 is 1. The fourth-order valence-corrected chi connectivity index (χ4v) is 3.75. The number of hydrogen-bond donors (Lipinski definition) is 2. The number of ether oxygens (including phenoxy) is 1. The van der Waals surface area contributed by atoms with Gasteiger partial charge in [0.15, 0.2) is 5.96 Å². The predicted octanol–water partition coefficient (Wildman–Crippen LogP) is 3.36. The molecule has 1 fully saturated rings. The molecule has 0 bridgehead atoms. The maximum atomic E-state index is 5.23. The minimum Gasteiger partial charge on any atom is -0.385 e. The van der Waals surface area contributed by atoms with E-state index in [0.717, 1.165) is 38.5 Å². The summed E-state index contributed by atoms with van der Waals surface area (Å²) in [5, 5.41) is 6.92. The van der Waals surface area contributed by atoms with Crippen LogP contribution in [0.25, 0.3) is 0 Å². The van der Waals surface area contributed by atoms with Crippen LogP contribution in [0.15, 0.2) is 17.1 Å². The number of rotatable bonds is 9. The third-order valence-corrected chi connectivity index (χ3v) is 5.42. The summed E-state index contributed by atoms with van der Waals surface area (Å²) in [6, 6.07) is 4.80. The van der Waals surface area contributed by atoms with Crippen LogP contribution in [0.1, 0.15) is 42.9 Å². The first kappa shape index (κ1) is 18.3. The molecule has 2 rings (SSSR count). The van der Waals surface area contributed by atoms with Crippen LogP contribution >= 0.6 is 11.3 Å². The summed E-state index contributed by atoms with van der Waals surface area (Å²) in [7, 11) is 1.78. The fraction of sp³-hybridized carbons (Fsp3) is 0.722. The average Bonchev–Trinajstić information content (AvgIpc) is 3.18. The van der Waals surface area contributed by atoms with E-state index in [1.165, 1.54) is 22.6 Å². The van der Waals surface area contributed by atoms with Gasteiger partial charge in [0, 0.05) is 49.0 Å². The van der Waals surface area contributed by atoms with Crippen molar-refractivity contribution in [3.8, 4) is 0 Å². The number of aliphatic imine (C=N–C) groups is 1. The van der Waals surface area contributed by atoms with Crippen molar-refractivity contribution in [1.82, 2.24) is 10.6 Å². The van der Waals surface area contributed by atoms with Crippen LogP contribution in [0.3, 0.4) is 0 Å². The first-order valence-corrected chi connectivity index (χ1v) is 9.47. The summed E-state index contributed by atoms with van der Waals surface area (Å²) in [6.07, 6.45) is 4.72. The molecule has 0 saturated heterocycles. The number of guanidine groups is 1. The van der Waals surface area contributed by atoms with E-state index in [4.69, 9.17) is 9.73 Å². The first-order chi connectivity index (χ1) is 11.1. The second-order valence-electron chi connectivity index (χ2n) is 6.70. The van der Waals surface area contributed by atoms with Crippen molar-refractivity contribution in [1.29, 1.82) is 0 Å². The van der Waals surface area contributed by atoms with Gasteiger partial charge in [0.25, 0.3) is 0 Å². The lowest BCUT2D eigenvalue weighted by Crippen LogP contribution is -2.43. The predicted molar refractivity (Wildman–Crippen MR) is 99.5 cm³/mol. The Labute approximate surface area is 144 Å². The lowest BCUT2D eigenvalue weighted by atomic mass is 10.0. The van der Waals surface area contributed by atoms with E-state index in [-0.39, 0.29) is 0 Å². The highest BCUT2D eigenvalue weighted by molar-refractivity contribution is 7.11. The Morgan fingerprint density at radius 1 is 1.43 bits per heavy atom. The van der Waals surface area contributed by atoms with Gasteiger partial charge >= 0.3 is 0 Å². The maximum absolute atomic E-state index is 5.23. The molecule has 0 radical (unpaired) electrons. The van der Waals surface area contributed by atoms with Gasteiger partial charge in [-0.25, -0.2) is 0 Å². The number of nitrogens with one attached hydrogen (secondary N) is 2. The van der Waals surface area contributed by atoms with Crippen molar-refractivity contribution in [3.63, 3.8) is 0 Å². The van der Waals surface area contributed by atoms with E-state index >= 15 is 0 Å². The Kier molecular flexibility index (Phi) is 6.90. The van der Waals surface area contributed by atoms with Crippen LogP contribution in [0, 0.1) is 12.3 Å². The average molecular weight is 338 g/mol. The summed E-state index contributed by atoms with van der Waals surface area (Å²) in [6.45, 7) is 9.13. The Balaban J connectivity index is 1.86. The highest BCUT2D eigenvalue weighted by atomic mass is 32.1. The Bertz CT molecular complexity index is 508. The molecule has 1 unspecified atom stereocenters. The third kappa shape index (κ3) is 6.15. The highest BCUT2D eigenvalue weighted by Gasteiger charge is 2.41. The molecular formula is C18H31N3OS. The standard InChI is InChI=1S/C18H31N3OS/c1-5-19-17(20-13-18(8-9-18)10-11-22-4)21-14(2)12-16-7-6-15(3)23-16/h6-7,14H,5,8-13H2,1-4H3,(H2,19,20,21). The van der Waals surface area contributed by atoms with Crippen LogP contribution in [-0.2, 0) is 11.2 Å². The molecule has 1 aliphatic rings. The summed E-state index contributed by atoms with van der Waals surface area (Å²) >= 11 is 1.88. The molecule has 0 aliphatic heterocycles. The van der Waals surface area contributed by atoms with Gasteiger partial charge in [0.1, 0.15) is 0 Å². The fourth-order valence-electron chi connectivity index (χ4n) is 2.73. The van der Waals surface area contributed by atoms with Gasteiger partial charge in [-0.1, -0.05) is 0 Å². The van der Waals surface area contributed by atoms with Crippen molar-refractivity contribution in [3.05, 3.63) is 21.9 Å². The Morgan fingerprint density at radius 3 is 2.78 bits per heavy atom. The summed E-state index contributed by atoms with van der Waals surface area (Å²) in [5.41, 5.74) is 0.395. The van der Waals surface area contributed by atoms with Crippen LogP contribution in [0.4, 0.5) is 0 Å². The lowest BCUT2D eigenvalue weighted by Gasteiger charge is -2.19. The molecule has 23 heavy (non-hydrogen) atoms. The smallest absolute Gasteiger partial charge is 0.191 e. The molecule has 1 aliphatic carbocycles. The van der Waals surface area contributed by atoms with E-state index in [1.807, 2.05) is 11.3 Å². The zero-order valence-corrected chi connectivity index (χ0v) is 15.8. The van der Waals surface area contributed by atoms with Crippen molar-refractivity contribution >= 4 is 17.3 Å². The maximum Gasteiger partial charge on any atom is 0.191 e. The van der Waals surface area contributed by atoms with Crippen molar-refractivity contribution in [2.75, 3.05) is 26.8 Å². The van der Waals surface area contributed by atoms with Crippen LogP contribution in [0.2, 0.25) is 0 Å². The minimum atomic E-state index is 0.375. The van der Waals surface area contributed by atoms with E-state index in [1.54, 1.807) is 7.11 Å². The molecule has 0 spiro atoms. The first-order valence-electron chi connectivity index (χ1n) is 8.66. The molecule has 130 valence electrons. The molecular weight excluding hydrogens is 306 g/mol. The van der Waals surface area contributed by atoms with E-state index in [2.05, 4.69) is 43.5 Å². The third-order valence-electron chi connectivity index (χ3n) is 4.40. The van der Waals surface area contributed by atoms with E-state index in [0.29, 0.717) is 11.5 Å². The van der Waals surface area contributed by atoms with E-state index in [9.17, 15) is 0 Å². The van der Waals surface area contributed by atoms with Crippen molar-refractivity contribution in [2.24, 2.45) is 10.4 Å². The second kappa shape index (κ2) is 8.69. The number of aryl methyl sites for hydroxylation is 1. The molecule has 5 heteroatoms. The molecule has 1 saturated carbocycles. The summed E-state index contributed by atoms with van der Waals surface area (Å²) < 4.78 is 5.23. The lowest BCUT2D eigenvalue weighted by molar-refractivity contribution is 0.174.